The zero-order valence-corrected chi connectivity index (χ0v) is 15.6. The molecule has 27 heavy (non-hydrogen) atoms. The van der Waals surface area contributed by atoms with Crippen molar-refractivity contribution in [3.8, 4) is 0 Å². The second kappa shape index (κ2) is 7.77. The van der Waals surface area contributed by atoms with Gasteiger partial charge in [-0.15, -0.1) is 0 Å². The first-order chi connectivity index (χ1) is 12.8. The van der Waals surface area contributed by atoms with Gasteiger partial charge in [-0.3, -0.25) is 9.48 Å². The van der Waals surface area contributed by atoms with Crippen molar-refractivity contribution in [1.82, 2.24) is 19.6 Å². The molecule has 0 radical (unpaired) electrons. The minimum Gasteiger partial charge on any atom is -0.358 e. The van der Waals surface area contributed by atoms with Crippen molar-refractivity contribution in [3.05, 3.63) is 67.9 Å². The lowest BCUT2D eigenvalue weighted by Gasteiger charge is -2.03. The van der Waals surface area contributed by atoms with Crippen LogP contribution in [-0.4, -0.2) is 30.4 Å². The van der Waals surface area contributed by atoms with E-state index in [4.69, 9.17) is 23.2 Å². The Balaban J connectivity index is 1.64. The fourth-order valence-electron chi connectivity index (χ4n) is 2.44. The second-order valence-corrected chi connectivity index (χ2v) is 6.53. The van der Waals surface area contributed by atoms with Crippen molar-refractivity contribution in [2.75, 3.05) is 5.32 Å². The van der Waals surface area contributed by atoms with Gasteiger partial charge in [-0.05, 0) is 29.5 Å². The maximum absolute atomic E-state index is 12.2. The highest BCUT2D eigenvalue weighted by atomic mass is 35.5. The second-order valence-electron chi connectivity index (χ2n) is 5.71. The normalized spacial score (nSPS) is 10.8. The first-order valence-electron chi connectivity index (χ1n) is 7.78. The van der Waals surface area contributed by atoms with Crippen LogP contribution in [0.3, 0.4) is 0 Å². The van der Waals surface area contributed by atoms with Gasteiger partial charge in [0.2, 0.25) is 5.91 Å². The third-order valence-corrected chi connectivity index (χ3v) is 4.40. The number of anilines is 1. The summed E-state index contributed by atoms with van der Waals surface area (Å²) in [5, 5.41) is 22.0. The summed E-state index contributed by atoms with van der Waals surface area (Å²) in [5.74, 6) is -0.555. The van der Waals surface area contributed by atoms with E-state index in [9.17, 15) is 14.9 Å². The number of rotatable bonds is 6. The molecular formula is C16H14Cl2N6O3. The number of nitro groups is 1. The number of halogens is 2. The van der Waals surface area contributed by atoms with Gasteiger partial charge in [-0.1, -0.05) is 35.3 Å². The number of carbonyl (C=O) groups excluding carboxylic acids is 1. The lowest BCUT2D eigenvalue weighted by molar-refractivity contribution is -0.389. The van der Waals surface area contributed by atoms with Crippen LogP contribution < -0.4 is 5.32 Å². The molecule has 9 nitrogen and oxygen atoms in total. The Labute approximate surface area is 163 Å². The maximum Gasteiger partial charge on any atom is 0.408 e. The summed E-state index contributed by atoms with van der Waals surface area (Å²) < 4.78 is 2.83. The van der Waals surface area contributed by atoms with Crippen molar-refractivity contribution in [1.29, 1.82) is 0 Å². The van der Waals surface area contributed by atoms with E-state index >= 15 is 0 Å². The number of hydrogen-bond acceptors (Lipinski definition) is 5. The van der Waals surface area contributed by atoms with E-state index in [-0.39, 0.29) is 11.6 Å². The minimum atomic E-state index is -0.693. The fraction of sp³-hybridized carbons (Fsp3) is 0.188. The van der Waals surface area contributed by atoms with Gasteiger partial charge in [0.1, 0.15) is 6.54 Å². The molecule has 1 aromatic carbocycles. The first kappa shape index (κ1) is 18.9. The molecule has 1 N–H and O–H groups in total. The third kappa shape index (κ3) is 4.44. The van der Waals surface area contributed by atoms with Crippen LogP contribution in [-0.2, 0) is 17.9 Å². The number of benzene rings is 1. The van der Waals surface area contributed by atoms with Gasteiger partial charge >= 0.3 is 5.82 Å². The van der Waals surface area contributed by atoms with Gasteiger partial charge in [0.15, 0.2) is 10.8 Å². The van der Waals surface area contributed by atoms with Crippen LogP contribution in [0.2, 0.25) is 10.0 Å². The maximum atomic E-state index is 12.2. The Morgan fingerprint density at radius 3 is 2.74 bits per heavy atom. The lowest BCUT2D eigenvalue weighted by Crippen LogP contribution is -2.20. The van der Waals surface area contributed by atoms with Gasteiger partial charge < -0.3 is 15.4 Å². The molecular weight excluding hydrogens is 395 g/mol. The zero-order valence-electron chi connectivity index (χ0n) is 14.1. The molecule has 0 bridgehead atoms. The van der Waals surface area contributed by atoms with E-state index in [1.807, 2.05) is 18.2 Å². The highest BCUT2D eigenvalue weighted by Crippen LogP contribution is 2.26. The van der Waals surface area contributed by atoms with Crippen LogP contribution in [0.25, 0.3) is 0 Å². The quantitative estimate of drug-likeness (QED) is 0.497. The summed E-state index contributed by atoms with van der Waals surface area (Å²) in [6.45, 7) is 1.83. The van der Waals surface area contributed by atoms with E-state index < -0.39 is 16.6 Å². The molecule has 1 amide bonds. The minimum absolute atomic E-state index is 0.0846. The largest absolute Gasteiger partial charge is 0.408 e. The summed E-state index contributed by atoms with van der Waals surface area (Å²) in [6.07, 6.45) is 1.72. The van der Waals surface area contributed by atoms with Gasteiger partial charge in [-0.2, -0.15) is 9.78 Å². The molecule has 2 heterocycles. The molecule has 0 aliphatic heterocycles. The molecule has 0 saturated carbocycles. The van der Waals surface area contributed by atoms with Crippen molar-refractivity contribution >= 4 is 40.7 Å². The highest BCUT2D eigenvalue weighted by molar-refractivity contribution is 6.33. The molecule has 0 spiro atoms. The van der Waals surface area contributed by atoms with Crippen LogP contribution >= 0.6 is 23.2 Å². The Morgan fingerprint density at radius 1 is 1.30 bits per heavy atom. The monoisotopic (exact) mass is 408 g/mol. The molecule has 0 unspecified atom stereocenters. The predicted octanol–water partition coefficient (Wildman–Crippen LogP) is 3.29. The van der Waals surface area contributed by atoms with E-state index in [0.717, 1.165) is 5.56 Å². The summed E-state index contributed by atoms with van der Waals surface area (Å²) in [6, 6.07) is 9.03. The number of aromatic nitrogens is 4. The molecule has 11 heteroatoms. The van der Waals surface area contributed by atoms with Gasteiger partial charge in [0.25, 0.3) is 0 Å². The average molecular weight is 409 g/mol. The predicted molar refractivity (Wildman–Crippen MR) is 100 cm³/mol. The molecule has 3 rings (SSSR count). The Morgan fingerprint density at radius 2 is 2.07 bits per heavy atom. The molecule has 0 aliphatic rings. The number of carbonyl (C=O) groups is 1. The lowest BCUT2D eigenvalue weighted by atomic mass is 10.2. The standard InChI is InChI=1S/C16H14Cl2N6O3/c1-10-15(18)16(24(26)27)21-23(10)9-14(25)19-13-5-6-22(20-13)8-11-3-2-4-12(17)7-11/h2-7H,8-9H2,1H3,(H,19,20,25). The molecule has 140 valence electrons. The Bertz CT molecular complexity index is 1010. The van der Waals surface area contributed by atoms with Crippen molar-refractivity contribution in [2.45, 2.75) is 20.0 Å². The van der Waals surface area contributed by atoms with Crippen LogP contribution in [0, 0.1) is 17.0 Å². The average Bonchev–Trinajstić information content (AvgIpc) is 3.14. The van der Waals surface area contributed by atoms with E-state index in [2.05, 4.69) is 15.5 Å². The number of amides is 1. The van der Waals surface area contributed by atoms with E-state index in [1.54, 1.807) is 29.9 Å². The van der Waals surface area contributed by atoms with Crippen molar-refractivity contribution in [3.63, 3.8) is 0 Å². The molecule has 2 aromatic heterocycles. The summed E-state index contributed by atoms with van der Waals surface area (Å²) >= 11 is 11.8. The zero-order chi connectivity index (χ0) is 19.6. The van der Waals surface area contributed by atoms with E-state index in [0.29, 0.717) is 23.1 Å². The smallest absolute Gasteiger partial charge is 0.358 e. The van der Waals surface area contributed by atoms with Crippen LogP contribution in [0.4, 0.5) is 11.6 Å². The van der Waals surface area contributed by atoms with Crippen molar-refractivity contribution < 1.29 is 9.72 Å². The Kier molecular flexibility index (Phi) is 5.43. The topological polar surface area (TPSA) is 108 Å². The fourth-order valence-corrected chi connectivity index (χ4v) is 2.85. The third-order valence-electron chi connectivity index (χ3n) is 3.72. The van der Waals surface area contributed by atoms with E-state index in [1.165, 1.54) is 4.68 Å². The SMILES string of the molecule is Cc1c(Cl)c([N+](=O)[O-])nn1CC(=O)Nc1ccn(Cc2cccc(Cl)c2)n1. The molecule has 3 aromatic rings. The highest BCUT2D eigenvalue weighted by Gasteiger charge is 2.25. The van der Waals surface area contributed by atoms with Crippen LogP contribution in [0.5, 0.6) is 0 Å². The number of hydrogen-bond donors (Lipinski definition) is 1. The molecule has 0 saturated heterocycles. The van der Waals surface area contributed by atoms with Crippen LogP contribution in [0.15, 0.2) is 36.5 Å². The summed E-state index contributed by atoms with van der Waals surface area (Å²) in [4.78, 5) is 22.4. The molecule has 0 fully saturated rings. The van der Waals surface area contributed by atoms with Crippen molar-refractivity contribution in [2.24, 2.45) is 0 Å². The Hall–Kier alpha value is -2.91. The first-order valence-corrected chi connectivity index (χ1v) is 8.54. The number of nitrogens with zero attached hydrogens (tertiary/aromatic N) is 5. The number of nitrogens with one attached hydrogen (secondary N) is 1. The van der Waals surface area contributed by atoms with Gasteiger partial charge in [0.05, 0.1) is 17.3 Å². The van der Waals surface area contributed by atoms with Gasteiger partial charge in [0, 0.05) is 17.3 Å². The van der Waals surface area contributed by atoms with Crippen LogP contribution in [0.1, 0.15) is 11.3 Å². The molecule has 0 atom stereocenters. The molecule has 0 aliphatic carbocycles. The summed E-state index contributed by atoms with van der Waals surface area (Å²) in [5.41, 5.74) is 1.31. The van der Waals surface area contributed by atoms with Gasteiger partial charge in [-0.25, -0.2) is 0 Å². The summed E-state index contributed by atoms with van der Waals surface area (Å²) in [7, 11) is 0.